The quantitative estimate of drug-likeness (QED) is 0.684. The summed E-state index contributed by atoms with van der Waals surface area (Å²) in [6.45, 7) is 0. The molecule has 0 fully saturated rings. The number of hydrogen-bond acceptors (Lipinski definition) is 2. The SMILES string of the molecule is O=C(N/N=C/c1cc(F)cc(F)c1)c1ccc(Cl)cc1. The summed E-state index contributed by atoms with van der Waals surface area (Å²) in [6, 6.07) is 9.17. The first-order valence-corrected chi connectivity index (χ1v) is 5.97. The molecule has 0 saturated carbocycles. The third-order valence-corrected chi connectivity index (χ3v) is 2.62. The monoisotopic (exact) mass is 294 g/mol. The lowest BCUT2D eigenvalue weighted by atomic mass is 10.2. The van der Waals surface area contributed by atoms with Crippen LogP contribution in [0.4, 0.5) is 8.78 Å². The van der Waals surface area contributed by atoms with Crippen LogP contribution < -0.4 is 5.43 Å². The van der Waals surface area contributed by atoms with Crippen LogP contribution in [0.1, 0.15) is 15.9 Å². The molecule has 0 aliphatic rings. The number of carbonyl (C=O) groups is 1. The number of nitrogens with zero attached hydrogens (tertiary/aromatic N) is 1. The van der Waals surface area contributed by atoms with E-state index in [2.05, 4.69) is 10.5 Å². The van der Waals surface area contributed by atoms with Crippen molar-refractivity contribution in [2.75, 3.05) is 0 Å². The van der Waals surface area contributed by atoms with E-state index < -0.39 is 17.5 Å². The second-order valence-electron chi connectivity index (χ2n) is 3.91. The molecule has 0 heterocycles. The summed E-state index contributed by atoms with van der Waals surface area (Å²) >= 11 is 5.70. The average Bonchev–Trinajstić information content (AvgIpc) is 2.38. The second-order valence-corrected chi connectivity index (χ2v) is 4.35. The summed E-state index contributed by atoms with van der Waals surface area (Å²) in [7, 11) is 0. The Kier molecular flexibility index (Phi) is 4.42. The molecule has 0 bridgehead atoms. The molecule has 102 valence electrons. The maximum absolute atomic E-state index is 12.9. The van der Waals surface area contributed by atoms with Crippen molar-refractivity contribution in [3.8, 4) is 0 Å². The largest absolute Gasteiger partial charge is 0.271 e. The Morgan fingerprint density at radius 1 is 1.10 bits per heavy atom. The number of hydrazone groups is 1. The molecule has 0 spiro atoms. The molecule has 20 heavy (non-hydrogen) atoms. The van der Waals surface area contributed by atoms with Crippen LogP contribution in [-0.2, 0) is 0 Å². The van der Waals surface area contributed by atoms with E-state index in [1.54, 1.807) is 12.1 Å². The summed E-state index contributed by atoms with van der Waals surface area (Å²) < 4.78 is 25.8. The van der Waals surface area contributed by atoms with E-state index in [4.69, 9.17) is 11.6 Å². The van der Waals surface area contributed by atoms with Crippen LogP contribution >= 0.6 is 11.6 Å². The lowest BCUT2D eigenvalue weighted by Crippen LogP contribution is -2.17. The molecule has 2 rings (SSSR count). The molecule has 0 aromatic heterocycles. The molecule has 0 aliphatic carbocycles. The van der Waals surface area contributed by atoms with Gasteiger partial charge in [0.2, 0.25) is 0 Å². The molecular weight excluding hydrogens is 286 g/mol. The van der Waals surface area contributed by atoms with Crippen molar-refractivity contribution in [1.82, 2.24) is 5.43 Å². The topological polar surface area (TPSA) is 41.5 Å². The van der Waals surface area contributed by atoms with Crippen LogP contribution in [0.15, 0.2) is 47.6 Å². The predicted molar refractivity (Wildman–Crippen MR) is 72.9 cm³/mol. The van der Waals surface area contributed by atoms with Crippen molar-refractivity contribution in [3.63, 3.8) is 0 Å². The standard InChI is InChI=1S/C14H9ClF2N2O/c15-11-3-1-10(2-4-11)14(20)19-18-8-9-5-12(16)7-13(17)6-9/h1-8H,(H,19,20)/b18-8+. The van der Waals surface area contributed by atoms with E-state index in [0.29, 0.717) is 10.6 Å². The molecule has 0 radical (unpaired) electrons. The maximum atomic E-state index is 12.9. The van der Waals surface area contributed by atoms with Crippen molar-refractivity contribution in [2.45, 2.75) is 0 Å². The Labute approximate surface area is 118 Å². The van der Waals surface area contributed by atoms with Crippen molar-refractivity contribution in [1.29, 1.82) is 0 Å². The fourth-order valence-electron chi connectivity index (χ4n) is 1.48. The van der Waals surface area contributed by atoms with Crippen LogP contribution in [0.2, 0.25) is 5.02 Å². The van der Waals surface area contributed by atoms with Crippen LogP contribution in [0.3, 0.4) is 0 Å². The normalized spacial score (nSPS) is 10.8. The Balaban J connectivity index is 2.02. The highest BCUT2D eigenvalue weighted by Crippen LogP contribution is 2.09. The van der Waals surface area contributed by atoms with Gasteiger partial charge < -0.3 is 0 Å². The van der Waals surface area contributed by atoms with Gasteiger partial charge in [-0.1, -0.05) is 11.6 Å². The van der Waals surface area contributed by atoms with Crippen molar-refractivity contribution >= 4 is 23.7 Å². The van der Waals surface area contributed by atoms with Gasteiger partial charge in [0.1, 0.15) is 11.6 Å². The zero-order valence-electron chi connectivity index (χ0n) is 10.1. The lowest BCUT2D eigenvalue weighted by molar-refractivity contribution is 0.0955. The first-order valence-electron chi connectivity index (χ1n) is 5.59. The van der Waals surface area contributed by atoms with Crippen LogP contribution in [0.25, 0.3) is 0 Å². The minimum atomic E-state index is -0.713. The van der Waals surface area contributed by atoms with Gasteiger partial charge in [-0.25, -0.2) is 14.2 Å². The highest BCUT2D eigenvalue weighted by atomic mass is 35.5. The van der Waals surface area contributed by atoms with Gasteiger partial charge >= 0.3 is 0 Å². The second kappa shape index (κ2) is 6.25. The lowest BCUT2D eigenvalue weighted by Gasteiger charge is -2.00. The van der Waals surface area contributed by atoms with Gasteiger partial charge in [-0.2, -0.15) is 5.10 Å². The number of halogens is 3. The number of hydrogen-bond donors (Lipinski definition) is 1. The van der Waals surface area contributed by atoms with Gasteiger partial charge in [-0.3, -0.25) is 4.79 Å². The van der Waals surface area contributed by atoms with E-state index in [-0.39, 0.29) is 5.56 Å². The number of rotatable bonds is 3. The summed E-state index contributed by atoms with van der Waals surface area (Å²) in [5, 5.41) is 4.15. The smallest absolute Gasteiger partial charge is 0.267 e. The summed E-state index contributed by atoms with van der Waals surface area (Å²) in [6.07, 6.45) is 1.15. The third kappa shape index (κ3) is 3.86. The highest BCUT2D eigenvalue weighted by Gasteiger charge is 2.03. The highest BCUT2D eigenvalue weighted by molar-refractivity contribution is 6.30. The molecule has 1 N–H and O–H groups in total. The number of nitrogens with one attached hydrogen (secondary N) is 1. The molecule has 3 nitrogen and oxygen atoms in total. The molecule has 2 aromatic rings. The van der Waals surface area contributed by atoms with E-state index in [9.17, 15) is 13.6 Å². The molecule has 0 saturated heterocycles. The molecule has 0 aliphatic heterocycles. The Morgan fingerprint density at radius 2 is 1.70 bits per heavy atom. The Bertz CT molecular complexity index is 636. The van der Waals surface area contributed by atoms with Crippen molar-refractivity contribution in [3.05, 3.63) is 70.2 Å². The fourth-order valence-corrected chi connectivity index (χ4v) is 1.61. The summed E-state index contributed by atoms with van der Waals surface area (Å²) in [4.78, 5) is 11.7. The molecule has 6 heteroatoms. The van der Waals surface area contributed by atoms with Gasteiger partial charge in [0.25, 0.3) is 5.91 Å². The molecular formula is C14H9ClF2N2O. The van der Waals surface area contributed by atoms with Gasteiger partial charge in [-0.05, 0) is 36.4 Å². The minimum absolute atomic E-state index is 0.207. The molecule has 1 amide bonds. The number of amides is 1. The Hall–Kier alpha value is -2.27. The first-order chi connectivity index (χ1) is 9.54. The van der Waals surface area contributed by atoms with E-state index in [1.165, 1.54) is 12.1 Å². The first kappa shape index (κ1) is 14.1. The minimum Gasteiger partial charge on any atom is -0.267 e. The van der Waals surface area contributed by atoms with E-state index in [0.717, 1.165) is 24.4 Å². The van der Waals surface area contributed by atoms with E-state index in [1.807, 2.05) is 0 Å². The van der Waals surface area contributed by atoms with Crippen LogP contribution in [0.5, 0.6) is 0 Å². The number of benzene rings is 2. The molecule has 0 unspecified atom stereocenters. The van der Waals surface area contributed by atoms with Crippen molar-refractivity contribution in [2.24, 2.45) is 5.10 Å². The van der Waals surface area contributed by atoms with Gasteiger partial charge in [0.15, 0.2) is 0 Å². The van der Waals surface area contributed by atoms with E-state index >= 15 is 0 Å². The van der Waals surface area contributed by atoms with Gasteiger partial charge in [0, 0.05) is 22.2 Å². The van der Waals surface area contributed by atoms with Crippen LogP contribution in [0, 0.1) is 11.6 Å². The predicted octanol–water partition coefficient (Wildman–Crippen LogP) is 3.38. The zero-order chi connectivity index (χ0) is 14.5. The Morgan fingerprint density at radius 3 is 2.30 bits per heavy atom. The summed E-state index contributed by atoms with van der Waals surface area (Å²) in [5.41, 5.74) is 2.83. The van der Waals surface area contributed by atoms with Gasteiger partial charge in [0.05, 0.1) is 6.21 Å². The zero-order valence-corrected chi connectivity index (χ0v) is 10.9. The average molecular weight is 295 g/mol. The molecule has 0 atom stereocenters. The van der Waals surface area contributed by atoms with Crippen LogP contribution in [-0.4, -0.2) is 12.1 Å². The number of carbonyl (C=O) groups excluding carboxylic acids is 1. The van der Waals surface area contributed by atoms with Crippen molar-refractivity contribution < 1.29 is 13.6 Å². The van der Waals surface area contributed by atoms with Gasteiger partial charge in [-0.15, -0.1) is 0 Å². The fraction of sp³-hybridized carbons (Fsp3) is 0. The summed E-state index contributed by atoms with van der Waals surface area (Å²) in [5.74, 6) is -1.87. The maximum Gasteiger partial charge on any atom is 0.271 e. The third-order valence-electron chi connectivity index (χ3n) is 2.37. The molecule has 2 aromatic carbocycles.